The number of phenolic OH excluding ortho intramolecular Hbond substituents is 3. The monoisotopic (exact) mass is 556 g/mol. The summed E-state index contributed by atoms with van der Waals surface area (Å²) in [6.07, 6.45) is 1.72. The Balaban J connectivity index is 0.000000202. The summed E-state index contributed by atoms with van der Waals surface area (Å²) < 4.78 is 11.0. The van der Waals surface area contributed by atoms with E-state index in [1.54, 1.807) is 20.3 Å². The number of ether oxygens (including phenoxy) is 2. The number of nitro groups is 3. The van der Waals surface area contributed by atoms with Crippen LogP contribution in [0.15, 0.2) is 30.3 Å². The van der Waals surface area contributed by atoms with E-state index in [0.29, 0.717) is 23.6 Å². The van der Waals surface area contributed by atoms with Gasteiger partial charge in [-0.25, -0.2) is 0 Å². The van der Waals surface area contributed by atoms with Crippen LogP contribution in [-0.2, 0) is 12.8 Å². The zero-order chi connectivity index (χ0) is 29.5. The Morgan fingerprint density at radius 2 is 1.40 bits per heavy atom. The van der Waals surface area contributed by atoms with Crippen LogP contribution in [-0.4, -0.2) is 62.8 Å². The minimum absolute atomic E-state index is 0.0954. The van der Waals surface area contributed by atoms with E-state index in [-0.39, 0.29) is 17.5 Å². The second-order valence-corrected chi connectivity index (χ2v) is 9.08. The van der Waals surface area contributed by atoms with Gasteiger partial charge in [0.1, 0.15) is 0 Å². The van der Waals surface area contributed by atoms with Crippen molar-refractivity contribution >= 4 is 17.1 Å². The zero-order valence-electron chi connectivity index (χ0n) is 21.5. The van der Waals surface area contributed by atoms with Gasteiger partial charge in [0, 0.05) is 23.7 Å². The first-order chi connectivity index (χ1) is 18.9. The van der Waals surface area contributed by atoms with Crippen molar-refractivity contribution in [1.29, 1.82) is 0 Å². The zero-order valence-corrected chi connectivity index (χ0v) is 21.5. The molecule has 3 aromatic rings. The quantitative estimate of drug-likeness (QED) is 0.301. The normalized spacial score (nSPS) is 15.1. The number of methoxy groups -OCH3 is 2. The molecule has 0 fully saturated rings. The number of hydrogen-bond donors (Lipinski definition) is 3. The number of rotatable bonds is 5. The topological polar surface area (TPSA) is 212 Å². The van der Waals surface area contributed by atoms with Gasteiger partial charge in [0.05, 0.1) is 41.1 Å². The number of non-ortho nitro benzene ring substituents is 1. The average Bonchev–Trinajstić information content (AvgIpc) is 2.90. The van der Waals surface area contributed by atoms with Gasteiger partial charge in [-0.05, 0) is 48.7 Å². The van der Waals surface area contributed by atoms with Crippen molar-refractivity contribution in [3.05, 3.63) is 77.4 Å². The predicted molar refractivity (Wildman–Crippen MR) is 139 cm³/mol. The largest absolute Gasteiger partial charge is 0.504 e. The van der Waals surface area contributed by atoms with Gasteiger partial charge in [-0.2, -0.15) is 0 Å². The van der Waals surface area contributed by atoms with Crippen molar-refractivity contribution in [2.45, 2.75) is 18.9 Å². The van der Waals surface area contributed by atoms with E-state index in [2.05, 4.69) is 11.9 Å². The highest BCUT2D eigenvalue weighted by Gasteiger charge is 2.38. The molecule has 15 nitrogen and oxygen atoms in total. The van der Waals surface area contributed by atoms with E-state index in [9.17, 15) is 40.6 Å². The van der Waals surface area contributed by atoms with Gasteiger partial charge in [-0.1, -0.05) is 6.07 Å². The van der Waals surface area contributed by atoms with Crippen LogP contribution in [0.3, 0.4) is 0 Å². The second kappa shape index (κ2) is 10.5. The molecule has 5 rings (SSSR count). The number of fused-ring (bicyclic) bond motifs is 2. The molecule has 3 aromatic carbocycles. The molecule has 3 N–H and O–H groups in total. The molecule has 15 heteroatoms. The molecular formula is C25H24N4O11. The Kier molecular flexibility index (Phi) is 7.33. The molecule has 1 heterocycles. The molecule has 0 bridgehead atoms. The number of likely N-dealkylation sites (N-methyl/N-ethyl adjacent to an activating group) is 1. The van der Waals surface area contributed by atoms with Crippen LogP contribution in [0.5, 0.6) is 28.7 Å². The SMILES string of the molecule is COc1c(O)ccc2c1-c1c(OC)c(O)cc3c1[C@H](C2)N(C)CC3.O=[N+]([O-])c1cc([N+](=O)[O-])c(O)c([N+](=O)[O-])c1. The summed E-state index contributed by atoms with van der Waals surface area (Å²) >= 11 is 0. The first-order valence-corrected chi connectivity index (χ1v) is 11.7. The number of aromatic hydroxyl groups is 3. The van der Waals surface area contributed by atoms with Gasteiger partial charge >= 0.3 is 11.4 Å². The van der Waals surface area contributed by atoms with Gasteiger partial charge in [0.25, 0.3) is 11.4 Å². The number of nitro benzene ring substituents is 3. The Morgan fingerprint density at radius 1 is 0.825 bits per heavy atom. The van der Waals surface area contributed by atoms with Gasteiger partial charge in [0.2, 0.25) is 0 Å². The maximum absolute atomic E-state index is 10.5. The number of hydrogen-bond acceptors (Lipinski definition) is 12. The van der Waals surface area contributed by atoms with E-state index in [0.717, 1.165) is 41.6 Å². The van der Waals surface area contributed by atoms with Crippen LogP contribution in [0.25, 0.3) is 11.1 Å². The Labute approximate surface area is 225 Å². The predicted octanol–water partition coefficient (Wildman–Crippen LogP) is 3.98. The minimum Gasteiger partial charge on any atom is -0.504 e. The molecule has 0 unspecified atom stereocenters. The molecule has 0 amide bonds. The van der Waals surface area contributed by atoms with Crippen molar-refractivity contribution < 1.29 is 39.6 Å². The van der Waals surface area contributed by atoms with Crippen LogP contribution in [0, 0.1) is 30.3 Å². The summed E-state index contributed by atoms with van der Waals surface area (Å²) in [5.74, 6) is -0.101. The van der Waals surface area contributed by atoms with Gasteiger partial charge < -0.3 is 24.8 Å². The van der Waals surface area contributed by atoms with Crippen LogP contribution < -0.4 is 9.47 Å². The van der Waals surface area contributed by atoms with Crippen LogP contribution in [0.1, 0.15) is 22.7 Å². The highest BCUT2D eigenvalue weighted by atomic mass is 16.6. The molecule has 0 aromatic heterocycles. The number of phenols is 3. The summed E-state index contributed by atoms with van der Waals surface area (Å²) in [6.45, 7) is 0.952. The lowest BCUT2D eigenvalue weighted by atomic mass is 9.76. The first-order valence-electron chi connectivity index (χ1n) is 11.7. The van der Waals surface area contributed by atoms with E-state index >= 15 is 0 Å². The third kappa shape index (κ3) is 4.62. The number of nitrogens with zero attached hydrogens (tertiary/aromatic N) is 4. The van der Waals surface area contributed by atoms with E-state index < -0.39 is 37.6 Å². The van der Waals surface area contributed by atoms with Crippen molar-refractivity contribution in [1.82, 2.24) is 4.90 Å². The first kappa shape index (κ1) is 27.8. The molecule has 210 valence electrons. The van der Waals surface area contributed by atoms with Crippen molar-refractivity contribution in [3.8, 4) is 39.9 Å². The minimum atomic E-state index is -1.21. The maximum Gasteiger partial charge on any atom is 0.324 e. The molecule has 0 spiro atoms. The molecule has 1 aliphatic heterocycles. The third-order valence-corrected chi connectivity index (χ3v) is 6.94. The Hall–Kier alpha value is -5.18. The van der Waals surface area contributed by atoms with Gasteiger partial charge in [-0.15, -0.1) is 0 Å². The van der Waals surface area contributed by atoms with Crippen molar-refractivity contribution in [2.75, 3.05) is 27.8 Å². The summed E-state index contributed by atoms with van der Waals surface area (Å²) in [5.41, 5.74) is 2.08. The third-order valence-electron chi connectivity index (χ3n) is 6.94. The lowest BCUT2D eigenvalue weighted by Gasteiger charge is -2.40. The van der Waals surface area contributed by atoms with Crippen LogP contribution in [0.2, 0.25) is 0 Å². The van der Waals surface area contributed by atoms with Gasteiger partial charge in [-0.3, -0.25) is 35.2 Å². The lowest BCUT2D eigenvalue weighted by Crippen LogP contribution is -2.35. The average molecular weight is 556 g/mol. The van der Waals surface area contributed by atoms with Crippen molar-refractivity contribution in [3.63, 3.8) is 0 Å². The molecule has 1 aliphatic carbocycles. The maximum atomic E-state index is 10.5. The van der Waals surface area contributed by atoms with Crippen molar-refractivity contribution in [2.24, 2.45) is 0 Å². The Bertz CT molecular complexity index is 1520. The summed E-state index contributed by atoms with van der Waals surface area (Å²) in [7, 11) is 5.23. The van der Waals surface area contributed by atoms with E-state index in [1.807, 2.05) is 12.1 Å². The molecule has 0 saturated heterocycles. The Morgan fingerprint density at radius 3 is 1.93 bits per heavy atom. The fourth-order valence-corrected chi connectivity index (χ4v) is 5.14. The van der Waals surface area contributed by atoms with E-state index in [4.69, 9.17) is 14.6 Å². The molecule has 0 radical (unpaired) electrons. The summed E-state index contributed by atoms with van der Waals surface area (Å²) in [5, 5.41) is 60.9. The standard InChI is InChI=1S/C19H21NO4.C6H3N3O7/c1-20-7-6-11-9-14(22)19(24-3)17-15(11)12(20)8-10-4-5-13(21)18(23-2)16(10)17;10-6-4(8(13)14)1-3(7(11)12)2-5(6)9(15)16/h4-5,9,12,21-22H,6-8H2,1-3H3;1-2,10H/t12-;/m0./s1. The molecule has 0 saturated carbocycles. The van der Waals surface area contributed by atoms with Gasteiger partial charge in [0.15, 0.2) is 23.0 Å². The fourth-order valence-electron chi connectivity index (χ4n) is 5.14. The molecule has 1 atom stereocenters. The molecule has 40 heavy (non-hydrogen) atoms. The highest BCUT2D eigenvalue weighted by molar-refractivity contribution is 5.88. The van der Waals surface area contributed by atoms with E-state index in [1.165, 1.54) is 5.56 Å². The summed E-state index contributed by atoms with van der Waals surface area (Å²) in [4.78, 5) is 30.1. The number of benzene rings is 3. The second-order valence-electron chi connectivity index (χ2n) is 9.08. The highest BCUT2D eigenvalue weighted by Crippen LogP contribution is 2.55. The smallest absolute Gasteiger partial charge is 0.324 e. The molecular weight excluding hydrogens is 532 g/mol. The van der Waals surface area contributed by atoms with Crippen LogP contribution >= 0.6 is 0 Å². The van der Waals surface area contributed by atoms with Crippen LogP contribution in [0.4, 0.5) is 17.1 Å². The molecule has 2 aliphatic rings. The summed E-state index contributed by atoms with van der Waals surface area (Å²) in [6, 6.07) is 6.55. The lowest BCUT2D eigenvalue weighted by molar-refractivity contribution is -0.404. The fraction of sp³-hybridized carbons (Fsp3) is 0.280.